The summed E-state index contributed by atoms with van der Waals surface area (Å²) >= 11 is 3.33. The Labute approximate surface area is 108 Å². The van der Waals surface area contributed by atoms with Crippen LogP contribution in [0.4, 0.5) is 0 Å². The zero-order valence-electron chi connectivity index (χ0n) is 9.54. The molecule has 0 radical (unpaired) electrons. The van der Waals surface area contributed by atoms with Crippen molar-refractivity contribution in [1.82, 2.24) is 10.9 Å². The highest BCUT2D eigenvalue weighted by Gasteiger charge is 2.05. The lowest BCUT2D eigenvalue weighted by Gasteiger charge is -2.09. The lowest BCUT2D eigenvalue weighted by atomic mass is 10.2. The molecule has 1 aromatic carbocycles. The fraction of sp³-hybridized carbons (Fsp3) is 0.273. The van der Waals surface area contributed by atoms with Crippen LogP contribution in [-0.2, 0) is 9.59 Å². The van der Waals surface area contributed by atoms with Gasteiger partial charge in [0.1, 0.15) is 5.75 Å². The van der Waals surface area contributed by atoms with Gasteiger partial charge >= 0.3 is 0 Å². The summed E-state index contributed by atoms with van der Waals surface area (Å²) in [6.45, 7) is 3.04. The predicted octanol–water partition coefficient (Wildman–Crippen LogP) is 1.30. The number of hydrogen-bond acceptors (Lipinski definition) is 3. The Balaban J connectivity index is 2.44. The second kappa shape index (κ2) is 6.24. The van der Waals surface area contributed by atoms with Gasteiger partial charge in [-0.3, -0.25) is 20.4 Å². The van der Waals surface area contributed by atoms with E-state index < -0.39 is 5.91 Å². The zero-order valence-corrected chi connectivity index (χ0v) is 11.1. The molecule has 2 amide bonds. The largest absolute Gasteiger partial charge is 0.483 e. The lowest BCUT2D eigenvalue weighted by Crippen LogP contribution is -2.42. The Morgan fingerprint density at radius 3 is 2.65 bits per heavy atom. The first kappa shape index (κ1) is 13.5. The Kier molecular flexibility index (Phi) is 4.96. The van der Waals surface area contributed by atoms with E-state index in [0.717, 1.165) is 10.0 Å². The monoisotopic (exact) mass is 300 g/mol. The highest BCUT2D eigenvalue weighted by atomic mass is 79.9. The normalized spacial score (nSPS) is 9.59. The van der Waals surface area contributed by atoms with Crippen molar-refractivity contribution in [3.63, 3.8) is 0 Å². The number of hydrazine groups is 1. The van der Waals surface area contributed by atoms with Crippen molar-refractivity contribution in [2.24, 2.45) is 0 Å². The Hall–Kier alpha value is -1.56. The third-order valence-corrected chi connectivity index (χ3v) is 2.37. The topological polar surface area (TPSA) is 67.4 Å². The average Bonchev–Trinajstić information content (AvgIpc) is 2.25. The van der Waals surface area contributed by atoms with Gasteiger partial charge in [-0.2, -0.15) is 0 Å². The smallest absolute Gasteiger partial charge is 0.276 e. The summed E-state index contributed by atoms with van der Waals surface area (Å²) in [5.74, 6) is -0.119. The highest BCUT2D eigenvalue weighted by molar-refractivity contribution is 9.10. The van der Waals surface area contributed by atoms with E-state index >= 15 is 0 Å². The number of nitrogens with one attached hydrogen (secondary N) is 2. The van der Waals surface area contributed by atoms with Crippen molar-refractivity contribution in [3.8, 4) is 5.75 Å². The van der Waals surface area contributed by atoms with E-state index in [4.69, 9.17) is 4.74 Å². The van der Waals surface area contributed by atoms with Crippen molar-refractivity contribution < 1.29 is 14.3 Å². The maximum Gasteiger partial charge on any atom is 0.276 e. The SMILES string of the molecule is CC(=O)NNC(=O)COc1ccc(Br)cc1C. The molecule has 0 aliphatic carbocycles. The number of carbonyl (C=O) groups excluding carboxylic acids is 2. The first-order valence-electron chi connectivity index (χ1n) is 4.93. The van der Waals surface area contributed by atoms with Gasteiger partial charge in [0.2, 0.25) is 5.91 Å². The maximum absolute atomic E-state index is 11.2. The number of halogens is 1. The molecule has 17 heavy (non-hydrogen) atoms. The number of benzene rings is 1. The van der Waals surface area contributed by atoms with Crippen LogP contribution in [0.15, 0.2) is 22.7 Å². The quantitative estimate of drug-likeness (QED) is 0.827. The summed E-state index contributed by atoms with van der Waals surface area (Å²) in [6.07, 6.45) is 0. The van der Waals surface area contributed by atoms with E-state index in [9.17, 15) is 9.59 Å². The summed E-state index contributed by atoms with van der Waals surface area (Å²) in [4.78, 5) is 21.8. The molecule has 0 heterocycles. The van der Waals surface area contributed by atoms with Crippen molar-refractivity contribution in [3.05, 3.63) is 28.2 Å². The molecule has 0 spiro atoms. The number of rotatable bonds is 3. The van der Waals surface area contributed by atoms with Crippen LogP contribution < -0.4 is 15.6 Å². The summed E-state index contributed by atoms with van der Waals surface area (Å²) in [5, 5.41) is 0. The number of ether oxygens (including phenoxy) is 1. The molecular formula is C11H13BrN2O3. The molecule has 6 heteroatoms. The van der Waals surface area contributed by atoms with Crippen LogP contribution in [-0.4, -0.2) is 18.4 Å². The highest BCUT2D eigenvalue weighted by Crippen LogP contribution is 2.21. The first-order valence-corrected chi connectivity index (χ1v) is 5.72. The van der Waals surface area contributed by atoms with Gasteiger partial charge in [0.15, 0.2) is 6.61 Å². The van der Waals surface area contributed by atoms with Crippen LogP contribution in [0.1, 0.15) is 12.5 Å². The van der Waals surface area contributed by atoms with E-state index in [-0.39, 0.29) is 12.5 Å². The number of carbonyl (C=O) groups is 2. The minimum atomic E-state index is -0.414. The van der Waals surface area contributed by atoms with Gasteiger partial charge in [0, 0.05) is 11.4 Å². The second-order valence-electron chi connectivity index (χ2n) is 3.43. The van der Waals surface area contributed by atoms with Crippen LogP contribution in [0.2, 0.25) is 0 Å². The van der Waals surface area contributed by atoms with Crippen LogP contribution >= 0.6 is 15.9 Å². The molecule has 0 fully saturated rings. The molecule has 0 atom stereocenters. The molecule has 0 saturated carbocycles. The molecule has 0 aliphatic heterocycles. The number of amides is 2. The van der Waals surface area contributed by atoms with Gasteiger partial charge in [-0.1, -0.05) is 15.9 Å². The van der Waals surface area contributed by atoms with Gasteiger partial charge in [-0.25, -0.2) is 0 Å². The second-order valence-corrected chi connectivity index (χ2v) is 4.34. The molecule has 5 nitrogen and oxygen atoms in total. The average molecular weight is 301 g/mol. The van der Waals surface area contributed by atoms with Crippen LogP contribution in [0, 0.1) is 6.92 Å². The van der Waals surface area contributed by atoms with Gasteiger partial charge in [0.25, 0.3) is 5.91 Å². The van der Waals surface area contributed by atoms with Crippen molar-refractivity contribution >= 4 is 27.7 Å². The molecule has 0 unspecified atom stereocenters. The third-order valence-electron chi connectivity index (χ3n) is 1.87. The molecule has 0 aromatic heterocycles. The zero-order chi connectivity index (χ0) is 12.8. The number of aryl methyl sites for hydroxylation is 1. The van der Waals surface area contributed by atoms with Crippen LogP contribution in [0.5, 0.6) is 5.75 Å². The standard InChI is InChI=1S/C11H13BrN2O3/c1-7-5-9(12)3-4-10(7)17-6-11(16)14-13-8(2)15/h3-5H,6H2,1-2H3,(H,13,15)(H,14,16). The van der Waals surface area contributed by atoms with E-state index in [2.05, 4.69) is 26.8 Å². The summed E-state index contributed by atoms with van der Waals surface area (Å²) in [5.41, 5.74) is 5.31. The summed E-state index contributed by atoms with van der Waals surface area (Å²) in [6, 6.07) is 5.49. The molecule has 1 rings (SSSR count). The minimum Gasteiger partial charge on any atom is -0.483 e. The fourth-order valence-electron chi connectivity index (χ4n) is 1.11. The molecular weight excluding hydrogens is 288 g/mol. The van der Waals surface area contributed by atoms with E-state index in [1.807, 2.05) is 19.1 Å². The molecule has 2 N–H and O–H groups in total. The van der Waals surface area contributed by atoms with Gasteiger partial charge < -0.3 is 4.74 Å². The van der Waals surface area contributed by atoms with E-state index in [1.165, 1.54) is 6.92 Å². The maximum atomic E-state index is 11.2. The van der Waals surface area contributed by atoms with Gasteiger partial charge in [-0.15, -0.1) is 0 Å². The third kappa shape index (κ3) is 4.86. The first-order chi connectivity index (χ1) is 7.99. The molecule has 0 saturated heterocycles. The Morgan fingerprint density at radius 2 is 2.06 bits per heavy atom. The predicted molar refractivity (Wildman–Crippen MR) is 66.3 cm³/mol. The van der Waals surface area contributed by atoms with Crippen molar-refractivity contribution in [2.45, 2.75) is 13.8 Å². The van der Waals surface area contributed by atoms with Crippen molar-refractivity contribution in [1.29, 1.82) is 0 Å². The lowest BCUT2D eigenvalue weighted by molar-refractivity contribution is -0.129. The van der Waals surface area contributed by atoms with E-state index in [0.29, 0.717) is 5.75 Å². The minimum absolute atomic E-state index is 0.150. The van der Waals surface area contributed by atoms with Crippen LogP contribution in [0.3, 0.4) is 0 Å². The van der Waals surface area contributed by atoms with Gasteiger partial charge in [-0.05, 0) is 30.7 Å². The Bertz CT molecular complexity index is 435. The molecule has 92 valence electrons. The molecule has 0 bridgehead atoms. The fourth-order valence-corrected chi connectivity index (χ4v) is 1.59. The number of hydrogen-bond donors (Lipinski definition) is 2. The van der Waals surface area contributed by atoms with E-state index in [1.54, 1.807) is 6.07 Å². The van der Waals surface area contributed by atoms with Crippen LogP contribution in [0.25, 0.3) is 0 Å². The summed E-state index contributed by atoms with van der Waals surface area (Å²) in [7, 11) is 0. The summed E-state index contributed by atoms with van der Waals surface area (Å²) < 4.78 is 6.25. The molecule has 0 aliphatic rings. The molecule has 1 aromatic rings. The van der Waals surface area contributed by atoms with Crippen molar-refractivity contribution in [2.75, 3.05) is 6.61 Å². The Morgan fingerprint density at radius 1 is 1.35 bits per heavy atom. The van der Waals surface area contributed by atoms with Gasteiger partial charge in [0.05, 0.1) is 0 Å².